The summed E-state index contributed by atoms with van der Waals surface area (Å²) in [7, 11) is 3.04. The van der Waals surface area contributed by atoms with E-state index in [1.807, 2.05) is 6.07 Å². The van der Waals surface area contributed by atoms with E-state index < -0.39 is 5.97 Å². The lowest BCUT2D eigenvalue weighted by Gasteiger charge is -2.16. The van der Waals surface area contributed by atoms with E-state index in [0.29, 0.717) is 27.9 Å². The average molecular weight is 374 g/mol. The van der Waals surface area contributed by atoms with Crippen LogP contribution in [0.5, 0.6) is 11.5 Å². The summed E-state index contributed by atoms with van der Waals surface area (Å²) in [4.78, 5) is 26.4. The van der Waals surface area contributed by atoms with Crippen molar-refractivity contribution in [2.75, 3.05) is 20.8 Å². The van der Waals surface area contributed by atoms with Crippen LogP contribution in [-0.4, -0.2) is 32.6 Å². The number of esters is 1. The molecule has 2 aromatic rings. The Kier molecular flexibility index (Phi) is 5.61. The largest absolute Gasteiger partial charge is 0.493 e. The maximum absolute atomic E-state index is 12.3. The smallest absolute Gasteiger partial charge is 0.348 e. The molecule has 5 nitrogen and oxygen atoms in total. The molecule has 0 saturated heterocycles. The van der Waals surface area contributed by atoms with Crippen molar-refractivity contribution in [3.63, 3.8) is 0 Å². The molecule has 6 heteroatoms. The summed E-state index contributed by atoms with van der Waals surface area (Å²) in [6, 6.07) is 6.78. The molecule has 0 bridgehead atoms. The minimum Gasteiger partial charge on any atom is -0.493 e. The number of ether oxygens (including phenoxy) is 3. The van der Waals surface area contributed by atoms with Gasteiger partial charge in [0, 0.05) is 10.4 Å². The van der Waals surface area contributed by atoms with Crippen molar-refractivity contribution in [1.82, 2.24) is 0 Å². The van der Waals surface area contributed by atoms with E-state index in [1.54, 1.807) is 18.2 Å². The summed E-state index contributed by atoms with van der Waals surface area (Å²) < 4.78 is 15.6. The normalized spacial score (nSPS) is 15.9. The molecule has 0 radical (unpaired) electrons. The van der Waals surface area contributed by atoms with E-state index >= 15 is 0 Å². The van der Waals surface area contributed by atoms with Crippen molar-refractivity contribution in [2.45, 2.75) is 26.2 Å². The number of methoxy groups -OCH3 is 2. The van der Waals surface area contributed by atoms with Gasteiger partial charge in [0.2, 0.25) is 0 Å². The quantitative estimate of drug-likeness (QED) is 0.566. The highest BCUT2D eigenvalue weighted by molar-refractivity contribution is 7.14. The first kappa shape index (κ1) is 18.5. The highest BCUT2D eigenvalue weighted by Crippen LogP contribution is 2.32. The highest BCUT2D eigenvalue weighted by Gasteiger charge is 2.22. The number of fused-ring (bicyclic) bond motifs is 1. The summed E-state index contributed by atoms with van der Waals surface area (Å²) in [5.74, 6) is 0.928. The van der Waals surface area contributed by atoms with Crippen LogP contribution >= 0.6 is 11.3 Å². The van der Waals surface area contributed by atoms with Crippen LogP contribution < -0.4 is 9.47 Å². The second kappa shape index (κ2) is 7.91. The number of carbonyl (C=O) groups excluding carboxylic acids is 2. The fraction of sp³-hybridized carbons (Fsp3) is 0.400. The SMILES string of the molecule is COc1ccc(C(=O)COC(=O)c2cc3c(s2)CCC(C)C3)cc1OC. The van der Waals surface area contributed by atoms with Crippen LogP contribution in [0.15, 0.2) is 24.3 Å². The standard InChI is InChI=1S/C20H22O5S/c1-12-4-7-18-14(8-12)10-19(26-18)20(22)25-11-15(21)13-5-6-16(23-2)17(9-13)24-3/h5-6,9-10,12H,4,7-8,11H2,1-3H3. The molecule has 0 fully saturated rings. The van der Waals surface area contributed by atoms with Gasteiger partial charge in [-0.25, -0.2) is 4.79 Å². The molecular formula is C20H22O5S. The molecule has 1 unspecified atom stereocenters. The van der Waals surface area contributed by atoms with Crippen molar-refractivity contribution in [3.05, 3.63) is 45.1 Å². The maximum Gasteiger partial charge on any atom is 0.348 e. The van der Waals surface area contributed by atoms with E-state index in [0.717, 1.165) is 19.3 Å². The Labute approximate surface area is 156 Å². The van der Waals surface area contributed by atoms with E-state index in [-0.39, 0.29) is 12.4 Å². The number of benzene rings is 1. The van der Waals surface area contributed by atoms with Gasteiger partial charge in [0.15, 0.2) is 23.9 Å². The van der Waals surface area contributed by atoms with Crippen molar-refractivity contribution >= 4 is 23.1 Å². The molecule has 0 aliphatic heterocycles. The van der Waals surface area contributed by atoms with Crippen LogP contribution in [-0.2, 0) is 17.6 Å². The lowest BCUT2D eigenvalue weighted by atomic mass is 9.90. The van der Waals surface area contributed by atoms with Crippen LogP contribution in [0.4, 0.5) is 0 Å². The minimum atomic E-state index is -0.439. The zero-order valence-corrected chi connectivity index (χ0v) is 16.0. The van der Waals surface area contributed by atoms with Gasteiger partial charge in [-0.1, -0.05) is 6.92 Å². The first-order valence-corrected chi connectivity index (χ1v) is 9.37. The number of thiophene rings is 1. The summed E-state index contributed by atoms with van der Waals surface area (Å²) >= 11 is 1.48. The molecule has 1 aliphatic rings. The molecule has 0 spiro atoms. The Morgan fingerprint density at radius 2 is 1.92 bits per heavy atom. The number of carbonyl (C=O) groups is 2. The van der Waals surface area contributed by atoms with Crippen LogP contribution in [0.2, 0.25) is 0 Å². The molecule has 1 atom stereocenters. The average Bonchev–Trinajstić information content (AvgIpc) is 3.08. The second-order valence-corrected chi connectivity index (χ2v) is 7.61. The maximum atomic E-state index is 12.3. The van der Waals surface area contributed by atoms with Gasteiger partial charge in [0.25, 0.3) is 0 Å². The Morgan fingerprint density at radius 1 is 1.15 bits per heavy atom. The molecule has 1 aliphatic carbocycles. The summed E-state index contributed by atoms with van der Waals surface area (Å²) in [6.45, 7) is 1.92. The second-order valence-electron chi connectivity index (χ2n) is 6.48. The molecule has 0 saturated carbocycles. The molecule has 0 N–H and O–H groups in total. The molecule has 26 heavy (non-hydrogen) atoms. The Hall–Kier alpha value is -2.34. The molecule has 3 rings (SSSR count). The van der Waals surface area contributed by atoms with Gasteiger partial charge >= 0.3 is 5.97 Å². The first-order valence-electron chi connectivity index (χ1n) is 8.55. The number of hydrogen-bond donors (Lipinski definition) is 0. The van der Waals surface area contributed by atoms with E-state index in [4.69, 9.17) is 14.2 Å². The van der Waals surface area contributed by atoms with Crippen molar-refractivity contribution in [1.29, 1.82) is 0 Å². The third-order valence-corrected chi connectivity index (χ3v) is 5.79. The zero-order chi connectivity index (χ0) is 18.7. The Bertz CT molecular complexity index is 824. The van der Waals surface area contributed by atoms with E-state index in [1.165, 1.54) is 36.0 Å². The van der Waals surface area contributed by atoms with Gasteiger partial charge in [0.05, 0.1) is 14.2 Å². The predicted molar refractivity (Wildman–Crippen MR) is 99.7 cm³/mol. The lowest BCUT2D eigenvalue weighted by molar-refractivity contribution is 0.0479. The van der Waals surface area contributed by atoms with Crippen LogP contribution in [0.25, 0.3) is 0 Å². The number of Topliss-reactive ketones (excluding diaryl/α,β-unsaturated/α-hetero) is 1. The van der Waals surface area contributed by atoms with E-state index in [2.05, 4.69) is 6.92 Å². The van der Waals surface area contributed by atoms with Gasteiger partial charge in [-0.2, -0.15) is 0 Å². The van der Waals surface area contributed by atoms with Gasteiger partial charge < -0.3 is 14.2 Å². The topological polar surface area (TPSA) is 61.8 Å². The molecule has 138 valence electrons. The summed E-state index contributed by atoms with van der Waals surface area (Å²) in [6.07, 6.45) is 3.17. The molecule has 1 aromatic carbocycles. The Balaban J connectivity index is 1.63. The van der Waals surface area contributed by atoms with Crippen molar-refractivity contribution < 1.29 is 23.8 Å². The van der Waals surface area contributed by atoms with Crippen LogP contribution in [0.3, 0.4) is 0 Å². The van der Waals surface area contributed by atoms with Crippen molar-refractivity contribution in [3.8, 4) is 11.5 Å². The first-order chi connectivity index (χ1) is 12.5. The highest BCUT2D eigenvalue weighted by atomic mass is 32.1. The van der Waals surface area contributed by atoms with Crippen LogP contribution in [0.1, 0.15) is 43.8 Å². The Morgan fingerprint density at radius 3 is 2.65 bits per heavy atom. The van der Waals surface area contributed by atoms with Gasteiger partial charge in [-0.3, -0.25) is 4.79 Å². The zero-order valence-electron chi connectivity index (χ0n) is 15.2. The molecule has 1 heterocycles. The number of rotatable bonds is 6. The van der Waals surface area contributed by atoms with Gasteiger partial charge in [-0.05, 0) is 55.0 Å². The minimum absolute atomic E-state index is 0.283. The fourth-order valence-corrected chi connectivity index (χ4v) is 4.20. The summed E-state index contributed by atoms with van der Waals surface area (Å²) in [5, 5.41) is 0. The predicted octanol–water partition coefficient (Wildman–Crippen LogP) is 3.93. The summed E-state index contributed by atoms with van der Waals surface area (Å²) in [5.41, 5.74) is 1.65. The molecule has 1 aromatic heterocycles. The third-order valence-electron chi connectivity index (χ3n) is 4.57. The fourth-order valence-electron chi connectivity index (χ4n) is 3.10. The van der Waals surface area contributed by atoms with Crippen molar-refractivity contribution in [2.24, 2.45) is 5.92 Å². The number of ketones is 1. The monoisotopic (exact) mass is 374 g/mol. The lowest BCUT2D eigenvalue weighted by Crippen LogP contribution is -2.13. The molecular weight excluding hydrogens is 352 g/mol. The number of hydrogen-bond acceptors (Lipinski definition) is 6. The van der Waals surface area contributed by atoms with Crippen LogP contribution in [0, 0.1) is 5.92 Å². The van der Waals surface area contributed by atoms with Gasteiger partial charge in [0.1, 0.15) is 4.88 Å². The molecule has 0 amide bonds. The van der Waals surface area contributed by atoms with E-state index in [9.17, 15) is 9.59 Å². The third kappa shape index (κ3) is 3.90. The van der Waals surface area contributed by atoms with Gasteiger partial charge in [-0.15, -0.1) is 11.3 Å². The number of aryl methyl sites for hydroxylation is 1.